The number of hydrogen-bond acceptors (Lipinski definition) is 3. The summed E-state index contributed by atoms with van der Waals surface area (Å²) in [5.41, 5.74) is 0.264. The molecule has 1 rings (SSSR count). The van der Waals surface area contributed by atoms with Gasteiger partial charge in [-0.3, -0.25) is 9.78 Å². The molecule has 1 amide bonds. The summed E-state index contributed by atoms with van der Waals surface area (Å²) in [6.07, 6.45) is 1.47. The Bertz CT molecular complexity index is 400. The molecule has 0 aliphatic carbocycles. The normalized spacial score (nSPS) is 9.40. The molecule has 0 spiro atoms. The Morgan fingerprint density at radius 2 is 2.47 bits per heavy atom. The number of pyridine rings is 1. The summed E-state index contributed by atoms with van der Waals surface area (Å²) >= 11 is 5.74. The lowest BCUT2D eigenvalue weighted by Gasteiger charge is -2.16. The zero-order chi connectivity index (χ0) is 11.3. The van der Waals surface area contributed by atoms with E-state index in [4.69, 9.17) is 16.9 Å². The third kappa shape index (κ3) is 2.93. The van der Waals surface area contributed by atoms with Gasteiger partial charge in [0.2, 0.25) is 0 Å². The Labute approximate surface area is 93.1 Å². The minimum Gasteiger partial charge on any atom is -0.324 e. The zero-order valence-corrected chi connectivity index (χ0v) is 9.03. The number of carbonyl (C=O) groups excluding carboxylic acids is 1. The molecule has 4 nitrogen and oxygen atoms in total. The number of nitrogens with zero attached hydrogens (tertiary/aromatic N) is 3. The van der Waals surface area contributed by atoms with Crippen molar-refractivity contribution in [2.75, 3.05) is 13.1 Å². The molecule has 0 saturated carbocycles. The number of nitriles is 1. The summed E-state index contributed by atoms with van der Waals surface area (Å²) < 4.78 is 0. The molecule has 0 saturated heterocycles. The summed E-state index contributed by atoms with van der Waals surface area (Å²) in [5.74, 6) is -0.276. The Hall–Kier alpha value is -1.60. The van der Waals surface area contributed by atoms with Crippen LogP contribution in [0, 0.1) is 11.3 Å². The molecule has 0 N–H and O–H groups in total. The second-order valence-electron chi connectivity index (χ2n) is 2.84. The number of carbonyl (C=O) groups is 1. The molecule has 5 heteroatoms. The zero-order valence-electron chi connectivity index (χ0n) is 8.27. The molecule has 1 aromatic heterocycles. The fourth-order valence-electron chi connectivity index (χ4n) is 1.10. The quantitative estimate of drug-likeness (QED) is 0.734. The molecule has 0 aliphatic rings. The fourth-order valence-corrected chi connectivity index (χ4v) is 1.26. The largest absolute Gasteiger partial charge is 0.324 e. The van der Waals surface area contributed by atoms with Crippen LogP contribution in [0.3, 0.4) is 0 Å². The van der Waals surface area contributed by atoms with Gasteiger partial charge in [-0.2, -0.15) is 5.26 Å². The summed E-state index contributed by atoms with van der Waals surface area (Å²) in [6.45, 7) is 2.34. The van der Waals surface area contributed by atoms with Crippen molar-refractivity contribution in [3.05, 3.63) is 29.0 Å². The summed E-state index contributed by atoms with van der Waals surface area (Å²) in [5, 5.41) is 8.99. The average Bonchev–Trinajstić information content (AvgIpc) is 2.25. The molecular weight excluding hydrogens is 214 g/mol. The highest BCUT2D eigenvalue weighted by Gasteiger charge is 2.14. The lowest BCUT2D eigenvalue weighted by Crippen LogP contribution is -2.31. The topological polar surface area (TPSA) is 57.0 Å². The Morgan fingerprint density at radius 1 is 1.73 bits per heavy atom. The molecule has 0 fully saturated rings. The van der Waals surface area contributed by atoms with Crippen LogP contribution in [0.25, 0.3) is 0 Å². The van der Waals surface area contributed by atoms with Gasteiger partial charge in [0, 0.05) is 17.8 Å². The van der Waals surface area contributed by atoms with Crippen LogP contribution in [0.15, 0.2) is 18.3 Å². The second kappa shape index (κ2) is 5.32. The van der Waals surface area contributed by atoms with E-state index in [2.05, 4.69) is 4.98 Å². The van der Waals surface area contributed by atoms with E-state index in [0.29, 0.717) is 11.6 Å². The van der Waals surface area contributed by atoms with Crippen LogP contribution >= 0.6 is 11.6 Å². The van der Waals surface area contributed by atoms with E-state index >= 15 is 0 Å². The van der Waals surface area contributed by atoms with Gasteiger partial charge in [-0.25, -0.2) is 0 Å². The van der Waals surface area contributed by atoms with Crippen molar-refractivity contribution in [2.24, 2.45) is 0 Å². The van der Waals surface area contributed by atoms with Crippen LogP contribution in [-0.2, 0) is 0 Å². The van der Waals surface area contributed by atoms with E-state index < -0.39 is 0 Å². The number of rotatable bonds is 3. The fraction of sp³-hybridized carbons (Fsp3) is 0.300. The summed E-state index contributed by atoms with van der Waals surface area (Å²) in [7, 11) is 0. The lowest BCUT2D eigenvalue weighted by molar-refractivity contribution is 0.0778. The highest BCUT2D eigenvalue weighted by molar-refractivity contribution is 6.30. The third-order valence-corrected chi connectivity index (χ3v) is 2.11. The van der Waals surface area contributed by atoms with Gasteiger partial charge in [0.05, 0.1) is 6.07 Å². The molecule has 1 heterocycles. The highest BCUT2D eigenvalue weighted by atomic mass is 35.5. The van der Waals surface area contributed by atoms with E-state index in [-0.39, 0.29) is 18.1 Å². The number of amides is 1. The minimum atomic E-state index is -0.276. The van der Waals surface area contributed by atoms with Gasteiger partial charge < -0.3 is 4.90 Å². The van der Waals surface area contributed by atoms with Crippen molar-refractivity contribution in [1.82, 2.24) is 9.88 Å². The SMILES string of the molecule is CCN(CC#N)C(=O)c1cc(Cl)ccn1. The van der Waals surface area contributed by atoms with E-state index in [9.17, 15) is 4.79 Å². The van der Waals surface area contributed by atoms with Crippen molar-refractivity contribution in [1.29, 1.82) is 5.26 Å². The average molecular weight is 224 g/mol. The van der Waals surface area contributed by atoms with Gasteiger partial charge in [0.25, 0.3) is 5.91 Å². The molecule has 15 heavy (non-hydrogen) atoms. The first kappa shape index (κ1) is 11.5. The van der Waals surface area contributed by atoms with Gasteiger partial charge in [0.15, 0.2) is 0 Å². The van der Waals surface area contributed by atoms with Crippen LogP contribution in [-0.4, -0.2) is 28.9 Å². The maximum atomic E-state index is 11.8. The molecule has 0 radical (unpaired) electrons. The molecule has 0 atom stereocenters. The van der Waals surface area contributed by atoms with Crippen LogP contribution < -0.4 is 0 Å². The van der Waals surface area contributed by atoms with E-state index in [1.54, 1.807) is 13.0 Å². The van der Waals surface area contributed by atoms with Crippen molar-refractivity contribution in [2.45, 2.75) is 6.92 Å². The molecule has 0 aromatic carbocycles. The van der Waals surface area contributed by atoms with Crippen molar-refractivity contribution in [3.8, 4) is 6.07 Å². The van der Waals surface area contributed by atoms with Crippen molar-refractivity contribution < 1.29 is 4.79 Å². The van der Waals surface area contributed by atoms with Crippen LogP contribution in [0.1, 0.15) is 17.4 Å². The highest BCUT2D eigenvalue weighted by Crippen LogP contribution is 2.09. The first-order valence-corrected chi connectivity index (χ1v) is 4.84. The van der Waals surface area contributed by atoms with Gasteiger partial charge in [-0.1, -0.05) is 11.6 Å². The minimum absolute atomic E-state index is 0.0591. The molecule has 1 aromatic rings. The predicted molar refractivity (Wildman–Crippen MR) is 56.4 cm³/mol. The standard InChI is InChI=1S/C10H10ClN3O/c1-2-14(6-4-12)10(15)9-7-8(11)3-5-13-9/h3,5,7H,2,6H2,1H3. The summed E-state index contributed by atoms with van der Waals surface area (Å²) in [4.78, 5) is 17.1. The molecule has 0 unspecified atom stereocenters. The monoisotopic (exact) mass is 223 g/mol. The van der Waals surface area contributed by atoms with Crippen molar-refractivity contribution in [3.63, 3.8) is 0 Å². The predicted octanol–water partition coefficient (Wildman–Crippen LogP) is 1.72. The van der Waals surface area contributed by atoms with Crippen LogP contribution in [0.4, 0.5) is 0 Å². The smallest absolute Gasteiger partial charge is 0.273 e. The maximum absolute atomic E-state index is 11.8. The third-order valence-electron chi connectivity index (χ3n) is 1.87. The molecule has 0 bridgehead atoms. The van der Waals surface area contributed by atoms with Gasteiger partial charge in [0.1, 0.15) is 12.2 Å². The molecular formula is C10H10ClN3O. The number of aromatic nitrogens is 1. The number of halogens is 1. The lowest BCUT2D eigenvalue weighted by atomic mass is 10.3. The van der Waals surface area contributed by atoms with E-state index in [1.807, 2.05) is 6.07 Å². The van der Waals surface area contributed by atoms with Gasteiger partial charge in [-0.15, -0.1) is 0 Å². The van der Waals surface area contributed by atoms with Gasteiger partial charge in [-0.05, 0) is 19.1 Å². The Morgan fingerprint density at radius 3 is 3.00 bits per heavy atom. The maximum Gasteiger partial charge on any atom is 0.273 e. The first-order chi connectivity index (χ1) is 7.19. The summed E-state index contributed by atoms with van der Waals surface area (Å²) in [6, 6.07) is 5.01. The van der Waals surface area contributed by atoms with Crippen molar-refractivity contribution >= 4 is 17.5 Å². The van der Waals surface area contributed by atoms with Gasteiger partial charge >= 0.3 is 0 Å². The Kier molecular flexibility index (Phi) is 4.07. The van der Waals surface area contributed by atoms with E-state index in [0.717, 1.165) is 0 Å². The molecule has 78 valence electrons. The molecule has 0 aliphatic heterocycles. The second-order valence-corrected chi connectivity index (χ2v) is 3.27. The first-order valence-electron chi connectivity index (χ1n) is 4.46. The van der Waals surface area contributed by atoms with E-state index in [1.165, 1.54) is 17.2 Å². The number of hydrogen-bond donors (Lipinski definition) is 0. The Balaban J connectivity index is 2.88. The van der Waals surface area contributed by atoms with Crippen LogP contribution in [0.2, 0.25) is 5.02 Å². The van der Waals surface area contributed by atoms with Crippen LogP contribution in [0.5, 0.6) is 0 Å².